The van der Waals surface area contributed by atoms with Gasteiger partial charge in [-0.05, 0) is 44.6 Å². The second-order valence-corrected chi connectivity index (χ2v) is 5.47. The quantitative estimate of drug-likeness (QED) is 0.356. The lowest BCUT2D eigenvalue weighted by atomic mass is 10.1. The van der Waals surface area contributed by atoms with Crippen LogP contribution in [0.1, 0.15) is 24.0 Å². The number of likely N-dealkylation sites (N-methyl/N-ethyl adjacent to an activating group) is 1. The first-order valence-electron chi connectivity index (χ1n) is 7.17. The fourth-order valence-electron chi connectivity index (χ4n) is 2.60. The van der Waals surface area contributed by atoms with E-state index in [-0.39, 0.29) is 5.84 Å². The Morgan fingerprint density at radius 1 is 1.40 bits per heavy atom. The third-order valence-corrected chi connectivity index (χ3v) is 3.78. The molecule has 0 spiro atoms. The first kappa shape index (κ1) is 14.8. The van der Waals surface area contributed by atoms with Gasteiger partial charge in [0.15, 0.2) is 5.84 Å². The number of rotatable bonds is 6. The van der Waals surface area contributed by atoms with E-state index < -0.39 is 0 Å². The van der Waals surface area contributed by atoms with Gasteiger partial charge in [-0.1, -0.05) is 23.4 Å². The van der Waals surface area contributed by atoms with Crippen LogP contribution < -0.4 is 5.73 Å². The molecule has 0 atom stereocenters. The van der Waals surface area contributed by atoms with Crippen LogP contribution in [0.4, 0.5) is 0 Å². The summed E-state index contributed by atoms with van der Waals surface area (Å²) in [6.07, 6.45) is 2.68. The summed E-state index contributed by atoms with van der Waals surface area (Å²) in [7, 11) is 2.13. The number of amidine groups is 1. The van der Waals surface area contributed by atoms with Crippen molar-refractivity contribution in [3.63, 3.8) is 0 Å². The molecule has 1 aliphatic heterocycles. The minimum atomic E-state index is 0.159. The number of nitrogens with two attached hydrogens (primary N) is 1. The highest BCUT2D eigenvalue weighted by Gasteiger charge is 2.12. The third kappa shape index (κ3) is 4.21. The van der Waals surface area contributed by atoms with E-state index in [4.69, 9.17) is 10.9 Å². The van der Waals surface area contributed by atoms with Crippen molar-refractivity contribution < 1.29 is 5.21 Å². The van der Waals surface area contributed by atoms with E-state index >= 15 is 0 Å². The van der Waals surface area contributed by atoms with Gasteiger partial charge in [-0.3, -0.25) is 0 Å². The Morgan fingerprint density at radius 3 is 2.85 bits per heavy atom. The Kier molecular flexibility index (Phi) is 5.38. The second-order valence-electron chi connectivity index (χ2n) is 5.47. The van der Waals surface area contributed by atoms with Crippen LogP contribution >= 0.6 is 0 Å². The van der Waals surface area contributed by atoms with Gasteiger partial charge in [-0.2, -0.15) is 0 Å². The van der Waals surface area contributed by atoms with Gasteiger partial charge < -0.3 is 20.7 Å². The molecule has 1 aromatic carbocycles. The Bertz CT molecular complexity index is 455. The summed E-state index contributed by atoms with van der Waals surface area (Å²) in [6.45, 7) is 5.56. The summed E-state index contributed by atoms with van der Waals surface area (Å²) in [5, 5.41) is 11.8. The monoisotopic (exact) mass is 276 g/mol. The number of hydrogen-bond acceptors (Lipinski definition) is 4. The van der Waals surface area contributed by atoms with Crippen LogP contribution in [-0.4, -0.2) is 54.1 Å². The van der Waals surface area contributed by atoms with Crippen molar-refractivity contribution in [1.82, 2.24) is 9.80 Å². The molecule has 1 heterocycles. The van der Waals surface area contributed by atoms with Crippen LogP contribution in [0.15, 0.2) is 29.4 Å². The summed E-state index contributed by atoms with van der Waals surface area (Å²) in [5.41, 5.74) is 7.56. The first-order chi connectivity index (χ1) is 9.69. The van der Waals surface area contributed by atoms with Crippen molar-refractivity contribution in [2.24, 2.45) is 10.9 Å². The highest BCUT2D eigenvalue weighted by atomic mass is 16.4. The predicted molar refractivity (Wildman–Crippen MR) is 81.0 cm³/mol. The van der Waals surface area contributed by atoms with Crippen molar-refractivity contribution >= 4 is 5.84 Å². The largest absolute Gasteiger partial charge is 0.409 e. The molecule has 110 valence electrons. The molecule has 5 heteroatoms. The Balaban J connectivity index is 1.85. The molecule has 1 aliphatic rings. The lowest BCUT2D eigenvalue weighted by Crippen LogP contribution is -2.31. The Hall–Kier alpha value is -1.59. The van der Waals surface area contributed by atoms with Crippen LogP contribution in [-0.2, 0) is 6.54 Å². The maximum absolute atomic E-state index is 8.71. The molecule has 0 amide bonds. The number of oxime groups is 1. The molecule has 0 aliphatic carbocycles. The van der Waals surface area contributed by atoms with Gasteiger partial charge >= 0.3 is 0 Å². The fourth-order valence-corrected chi connectivity index (χ4v) is 2.60. The molecule has 0 radical (unpaired) electrons. The van der Waals surface area contributed by atoms with Gasteiger partial charge in [0.05, 0.1) is 0 Å². The molecule has 2 rings (SSSR count). The highest BCUT2D eigenvalue weighted by molar-refractivity contribution is 5.97. The molecule has 0 aromatic heterocycles. The van der Waals surface area contributed by atoms with Gasteiger partial charge in [0, 0.05) is 25.2 Å². The zero-order valence-electron chi connectivity index (χ0n) is 12.1. The van der Waals surface area contributed by atoms with Gasteiger partial charge in [0.25, 0.3) is 0 Å². The summed E-state index contributed by atoms with van der Waals surface area (Å²) in [6, 6.07) is 7.84. The zero-order chi connectivity index (χ0) is 14.4. The van der Waals surface area contributed by atoms with E-state index in [1.807, 2.05) is 18.2 Å². The molecule has 1 aromatic rings. The molecular weight excluding hydrogens is 252 g/mol. The molecule has 0 saturated carbocycles. The van der Waals surface area contributed by atoms with E-state index in [1.165, 1.54) is 31.5 Å². The van der Waals surface area contributed by atoms with Crippen molar-refractivity contribution in [3.8, 4) is 0 Å². The smallest absolute Gasteiger partial charge is 0.170 e. The number of likely N-dealkylation sites (tertiary alicyclic amines) is 1. The molecule has 20 heavy (non-hydrogen) atoms. The van der Waals surface area contributed by atoms with Gasteiger partial charge in [-0.25, -0.2) is 0 Å². The molecule has 0 unspecified atom stereocenters. The topological polar surface area (TPSA) is 65.1 Å². The minimum Gasteiger partial charge on any atom is -0.409 e. The SMILES string of the molecule is CN(CCN1CCCC1)Cc1cccc(C(N)=NO)c1. The lowest BCUT2D eigenvalue weighted by Gasteiger charge is -2.21. The average molecular weight is 276 g/mol. The van der Waals surface area contributed by atoms with Crippen LogP contribution in [0.5, 0.6) is 0 Å². The Labute approximate surface area is 120 Å². The van der Waals surface area contributed by atoms with Gasteiger partial charge in [0.1, 0.15) is 0 Å². The third-order valence-electron chi connectivity index (χ3n) is 3.78. The fraction of sp³-hybridized carbons (Fsp3) is 0.533. The summed E-state index contributed by atoms with van der Waals surface area (Å²) in [4.78, 5) is 4.83. The molecular formula is C15H24N4O. The van der Waals surface area contributed by atoms with Crippen LogP contribution in [0.2, 0.25) is 0 Å². The zero-order valence-corrected chi connectivity index (χ0v) is 12.1. The highest BCUT2D eigenvalue weighted by Crippen LogP contribution is 2.09. The van der Waals surface area contributed by atoms with Crippen molar-refractivity contribution in [3.05, 3.63) is 35.4 Å². The van der Waals surface area contributed by atoms with Crippen molar-refractivity contribution in [1.29, 1.82) is 0 Å². The normalized spacial score (nSPS) is 17.0. The molecule has 3 N–H and O–H groups in total. The molecule has 5 nitrogen and oxygen atoms in total. The van der Waals surface area contributed by atoms with E-state index in [0.29, 0.717) is 0 Å². The maximum Gasteiger partial charge on any atom is 0.170 e. The van der Waals surface area contributed by atoms with Gasteiger partial charge in [0.2, 0.25) is 0 Å². The molecule has 1 fully saturated rings. The summed E-state index contributed by atoms with van der Waals surface area (Å²) in [5.74, 6) is 0.159. The van der Waals surface area contributed by atoms with E-state index in [9.17, 15) is 0 Å². The van der Waals surface area contributed by atoms with Crippen molar-refractivity contribution in [2.75, 3.05) is 33.2 Å². The standard InChI is InChI=1S/C15H24N4O/c1-18(9-10-19-7-2-3-8-19)12-13-5-4-6-14(11-13)15(16)17-20/h4-6,11,20H,2-3,7-10,12H2,1H3,(H2,16,17). The number of nitrogens with zero attached hydrogens (tertiary/aromatic N) is 3. The summed E-state index contributed by atoms with van der Waals surface area (Å²) >= 11 is 0. The second kappa shape index (κ2) is 7.26. The van der Waals surface area contributed by atoms with Gasteiger partial charge in [-0.15, -0.1) is 0 Å². The average Bonchev–Trinajstić information content (AvgIpc) is 2.98. The van der Waals surface area contributed by atoms with Crippen LogP contribution in [0.3, 0.4) is 0 Å². The predicted octanol–water partition coefficient (Wildman–Crippen LogP) is 1.31. The first-order valence-corrected chi connectivity index (χ1v) is 7.17. The van der Waals surface area contributed by atoms with Crippen LogP contribution in [0.25, 0.3) is 0 Å². The van der Waals surface area contributed by atoms with E-state index in [1.54, 1.807) is 0 Å². The molecule has 0 bridgehead atoms. The minimum absolute atomic E-state index is 0.159. The number of benzene rings is 1. The molecule has 1 saturated heterocycles. The lowest BCUT2D eigenvalue weighted by molar-refractivity contribution is 0.252. The van der Waals surface area contributed by atoms with E-state index in [0.717, 1.165) is 25.2 Å². The maximum atomic E-state index is 8.71. The van der Waals surface area contributed by atoms with Crippen LogP contribution in [0, 0.1) is 0 Å². The Morgan fingerprint density at radius 2 is 2.15 bits per heavy atom. The van der Waals surface area contributed by atoms with E-state index in [2.05, 4.69) is 28.1 Å². The summed E-state index contributed by atoms with van der Waals surface area (Å²) < 4.78 is 0. The van der Waals surface area contributed by atoms with Crippen molar-refractivity contribution in [2.45, 2.75) is 19.4 Å². The number of hydrogen-bond donors (Lipinski definition) is 2.